The Morgan fingerprint density at radius 1 is 1.40 bits per heavy atom. The minimum absolute atomic E-state index is 0.120. The van der Waals surface area contributed by atoms with Crippen LogP contribution < -0.4 is 0 Å². The molecule has 5 heteroatoms. The van der Waals surface area contributed by atoms with Crippen LogP contribution in [0.4, 0.5) is 0 Å². The summed E-state index contributed by atoms with van der Waals surface area (Å²) in [6.07, 6.45) is 0.523. The van der Waals surface area contributed by atoms with Crippen molar-refractivity contribution in [3.05, 3.63) is 29.0 Å². The molecule has 0 aliphatic heterocycles. The number of fused-ring (bicyclic) bond motifs is 3. The molecule has 0 unspecified atom stereocenters. The highest BCUT2D eigenvalue weighted by Gasteiger charge is 2.39. The van der Waals surface area contributed by atoms with Gasteiger partial charge in [0.25, 0.3) is 0 Å². The van der Waals surface area contributed by atoms with Gasteiger partial charge in [0.1, 0.15) is 22.7 Å². The number of Topliss-reactive ketones (excluding diaryl/α,β-unsaturated/α-hetero) is 2. The van der Waals surface area contributed by atoms with Crippen LogP contribution in [0.3, 0.4) is 0 Å². The highest BCUT2D eigenvalue weighted by Crippen LogP contribution is 2.42. The van der Waals surface area contributed by atoms with E-state index in [2.05, 4.69) is 0 Å². The van der Waals surface area contributed by atoms with E-state index in [0.29, 0.717) is 23.0 Å². The predicted molar refractivity (Wildman–Crippen MR) is 71.0 cm³/mol. The number of furan rings is 1. The number of benzene rings is 1. The monoisotopic (exact) mass is 274 g/mol. The third kappa shape index (κ3) is 1.67. The molecule has 0 spiro atoms. The van der Waals surface area contributed by atoms with Crippen LogP contribution in [0, 0.1) is 0 Å². The van der Waals surface area contributed by atoms with E-state index in [9.17, 15) is 19.8 Å². The molecule has 20 heavy (non-hydrogen) atoms. The number of phenols is 1. The van der Waals surface area contributed by atoms with Gasteiger partial charge < -0.3 is 14.6 Å². The predicted octanol–water partition coefficient (Wildman–Crippen LogP) is 2.53. The first-order valence-corrected chi connectivity index (χ1v) is 6.38. The molecule has 1 aromatic heterocycles. The van der Waals surface area contributed by atoms with Crippen LogP contribution in [-0.2, 0) is 5.60 Å². The van der Waals surface area contributed by atoms with E-state index in [4.69, 9.17) is 4.42 Å². The quantitative estimate of drug-likeness (QED) is 0.780. The van der Waals surface area contributed by atoms with Crippen LogP contribution >= 0.6 is 0 Å². The van der Waals surface area contributed by atoms with Gasteiger partial charge >= 0.3 is 0 Å². The molecule has 0 amide bonds. The SMILES string of the molecule is CC(=O)c1cc2c3c(oc2cc1O)[C@@](C)(O)CCC3=O. The van der Waals surface area contributed by atoms with Crippen LogP contribution in [0.2, 0.25) is 0 Å². The Balaban J connectivity index is 2.39. The molecule has 0 fully saturated rings. The minimum atomic E-state index is -1.21. The van der Waals surface area contributed by atoms with Gasteiger partial charge in [-0.15, -0.1) is 0 Å². The van der Waals surface area contributed by atoms with E-state index in [1.807, 2.05) is 0 Å². The van der Waals surface area contributed by atoms with Crippen molar-refractivity contribution >= 4 is 22.5 Å². The topological polar surface area (TPSA) is 87.7 Å². The molecule has 1 heterocycles. The Morgan fingerprint density at radius 2 is 2.10 bits per heavy atom. The van der Waals surface area contributed by atoms with Crippen LogP contribution in [0.5, 0.6) is 5.75 Å². The van der Waals surface area contributed by atoms with Crippen LogP contribution in [0.1, 0.15) is 53.2 Å². The second-order valence-electron chi connectivity index (χ2n) is 5.42. The summed E-state index contributed by atoms with van der Waals surface area (Å²) >= 11 is 0. The lowest BCUT2D eigenvalue weighted by Crippen LogP contribution is -2.28. The van der Waals surface area contributed by atoms with Crippen molar-refractivity contribution in [3.63, 3.8) is 0 Å². The molecule has 1 aromatic carbocycles. The van der Waals surface area contributed by atoms with Gasteiger partial charge in [-0.1, -0.05) is 0 Å². The molecule has 0 radical (unpaired) electrons. The van der Waals surface area contributed by atoms with E-state index < -0.39 is 5.60 Å². The van der Waals surface area contributed by atoms with Gasteiger partial charge in [-0.25, -0.2) is 0 Å². The minimum Gasteiger partial charge on any atom is -0.507 e. The van der Waals surface area contributed by atoms with Crippen molar-refractivity contribution in [1.82, 2.24) is 0 Å². The van der Waals surface area contributed by atoms with Crippen molar-refractivity contribution in [1.29, 1.82) is 0 Å². The third-order valence-corrected chi connectivity index (χ3v) is 3.79. The largest absolute Gasteiger partial charge is 0.507 e. The van der Waals surface area contributed by atoms with Crippen LogP contribution in [0.25, 0.3) is 11.0 Å². The molecular formula is C15H14O5. The van der Waals surface area contributed by atoms with Crippen molar-refractivity contribution in [3.8, 4) is 5.75 Å². The molecule has 1 aliphatic rings. The van der Waals surface area contributed by atoms with E-state index in [0.717, 1.165) is 0 Å². The summed E-state index contributed by atoms with van der Waals surface area (Å²) in [5.41, 5.74) is -0.459. The fourth-order valence-electron chi connectivity index (χ4n) is 2.67. The molecule has 0 saturated heterocycles. The standard InChI is InChI=1S/C15H14O5/c1-7(16)8-5-9-12(6-11(8)18)20-14-13(9)10(17)3-4-15(14,2)19/h5-6,18-19H,3-4H2,1-2H3/t15-/m0/s1. The van der Waals surface area contributed by atoms with Crippen molar-refractivity contribution < 1.29 is 24.2 Å². The first kappa shape index (κ1) is 12.9. The lowest BCUT2D eigenvalue weighted by Gasteiger charge is -2.25. The number of carbonyl (C=O) groups is 2. The van der Waals surface area contributed by atoms with Crippen LogP contribution in [0.15, 0.2) is 16.5 Å². The van der Waals surface area contributed by atoms with Gasteiger partial charge in [0.2, 0.25) is 0 Å². The van der Waals surface area contributed by atoms with E-state index in [1.165, 1.54) is 19.1 Å². The Morgan fingerprint density at radius 3 is 2.75 bits per heavy atom. The number of hydrogen-bond donors (Lipinski definition) is 2. The number of aliphatic hydroxyl groups is 1. The van der Waals surface area contributed by atoms with Gasteiger partial charge in [0, 0.05) is 17.9 Å². The summed E-state index contributed by atoms with van der Waals surface area (Å²) in [6.45, 7) is 2.93. The summed E-state index contributed by atoms with van der Waals surface area (Å²) in [6, 6.07) is 2.77. The molecule has 2 aromatic rings. The van der Waals surface area contributed by atoms with Gasteiger partial charge in [0.05, 0.1) is 11.1 Å². The third-order valence-electron chi connectivity index (χ3n) is 3.79. The summed E-state index contributed by atoms with van der Waals surface area (Å²) in [5, 5.41) is 20.6. The van der Waals surface area contributed by atoms with E-state index in [-0.39, 0.29) is 35.1 Å². The zero-order valence-corrected chi connectivity index (χ0v) is 11.2. The van der Waals surface area contributed by atoms with Gasteiger partial charge in [-0.2, -0.15) is 0 Å². The second-order valence-corrected chi connectivity index (χ2v) is 5.42. The highest BCUT2D eigenvalue weighted by atomic mass is 16.4. The maximum Gasteiger partial charge on any atom is 0.167 e. The van der Waals surface area contributed by atoms with Crippen molar-refractivity contribution in [2.45, 2.75) is 32.3 Å². The lowest BCUT2D eigenvalue weighted by molar-refractivity contribution is 0.0177. The zero-order valence-electron chi connectivity index (χ0n) is 11.2. The molecule has 2 N–H and O–H groups in total. The molecule has 3 rings (SSSR count). The highest BCUT2D eigenvalue weighted by molar-refractivity contribution is 6.11. The van der Waals surface area contributed by atoms with Gasteiger partial charge in [-0.05, 0) is 26.3 Å². The molecule has 0 bridgehead atoms. The molecule has 5 nitrogen and oxygen atoms in total. The number of phenolic OH excluding ortho intramolecular Hbond substituents is 1. The molecular weight excluding hydrogens is 260 g/mol. The van der Waals surface area contributed by atoms with Crippen molar-refractivity contribution in [2.75, 3.05) is 0 Å². The summed E-state index contributed by atoms with van der Waals surface area (Å²) in [5.74, 6) is -0.396. The molecule has 104 valence electrons. The van der Waals surface area contributed by atoms with Gasteiger partial charge in [-0.3, -0.25) is 9.59 Å². The maximum absolute atomic E-state index is 12.1. The Labute approximate surface area is 114 Å². The fraction of sp³-hybridized carbons (Fsp3) is 0.333. The lowest BCUT2D eigenvalue weighted by atomic mass is 9.84. The maximum atomic E-state index is 12.1. The fourth-order valence-corrected chi connectivity index (χ4v) is 2.67. The number of hydrogen-bond acceptors (Lipinski definition) is 5. The Hall–Kier alpha value is -2.14. The van der Waals surface area contributed by atoms with Gasteiger partial charge in [0.15, 0.2) is 11.6 Å². The first-order valence-electron chi connectivity index (χ1n) is 6.38. The number of aromatic hydroxyl groups is 1. The summed E-state index contributed by atoms with van der Waals surface area (Å²) in [7, 11) is 0. The molecule has 0 saturated carbocycles. The normalized spacial score (nSPS) is 22.1. The van der Waals surface area contributed by atoms with E-state index >= 15 is 0 Å². The second kappa shape index (κ2) is 3.93. The number of carbonyl (C=O) groups excluding carboxylic acids is 2. The summed E-state index contributed by atoms with van der Waals surface area (Å²) < 4.78 is 5.55. The molecule has 1 aliphatic carbocycles. The van der Waals surface area contributed by atoms with E-state index in [1.54, 1.807) is 6.92 Å². The Bertz CT molecular complexity index is 751. The number of rotatable bonds is 1. The average Bonchev–Trinajstić information content (AvgIpc) is 2.73. The smallest absolute Gasteiger partial charge is 0.167 e. The number of ketones is 2. The molecule has 1 atom stereocenters. The zero-order chi connectivity index (χ0) is 14.7. The first-order chi connectivity index (χ1) is 9.31. The van der Waals surface area contributed by atoms with Crippen molar-refractivity contribution in [2.24, 2.45) is 0 Å². The average molecular weight is 274 g/mol. The van der Waals surface area contributed by atoms with Crippen LogP contribution in [-0.4, -0.2) is 21.8 Å². The Kier molecular flexibility index (Phi) is 2.53. The summed E-state index contributed by atoms with van der Waals surface area (Å²) in [4.78, 5) is 23.6.